The van der Waals surface area contributed by atoms with Gasteiger partial charge >= 0.3 is 0 Å². The van der Waals surface area contributed by atoms with Crippen LogP contribution in [0.4, 0.5) is 0 Å². The lowest BCUT2D eigenvalue weighted by Gasteiger charge is -2.18. The van der Waals surface area contributed by atoms with Crippen LogP contribution in [0.5, 0.6) is 17.2 Å². The van der Waals surface area contributed by atoms with Crippen molar-refractivity contribution in [3.8, 4) is 17.2 Å². The molecule has 0 aliphatic heterocycles. The fourth-order valence-electron chi connectivity index (χ4n) is 1.67. The Balaban J connectivity index is 3.26. The molecule has 0 heterocycles. The molecule has 0 fully saturated rings. The molecule has 0 aliphatic carbocycles. The summed E-state index contributed by atoms with van der Waals surface area (Å²) >= 11 is 0. The quantitative estimate of drug-likeness (QED) is 0.766. The molecule has 1 aromatic carbocycles. The van der Waals surface area contributed by atoms with Crippen molar-refractivity contribution in [3.05, 3.63) is 17.7 Å². The molecule has 17 heavy (non-hydrogen) atoms. The second-order valence-corrected chi connectivity index (χ2v) is 3.36. The highest BCUT2D eigenvalue weighted by Gasteiger charge is 2.17. The molecule has 5 nitrogen and oxygen atoms in total. The first-order valence-corrected chi connectivity index (χ1v) is 5.21. The van der Waals surface area contributed by atoms with Gasteiger partial charge in [0.25, 0.3) is 0 Å². The van der Waals surface area contributed by atoms with Crippen molar-refractivity contribution < 1.29 is 18.9 Å². The number of hydrogen-bond acceptors (Lipinski definition) is 5. The molecule has 0 aromatic heterocycles. The van der Waals surface area contributed by atoms with E-state index in [1.807, 2.05) is 19.2 Å². The summed E-state index contributed by atoms with van der Waals surface area (Å²) in [6.45, 7) is 0. The molecule has 96 valence electrons. The van der Waals surface area contributed by atoms with Gasteiger partial charge in [0.2, 0.25) is 5.75 Å². The number of nitrogens with one attached hydrogen (secondary N) is 1. The number of methoxy groups -OCH3 is 4. The van der Waals surface area contributed by atoms with Crippen LogP contribution < -0.4 is 19.5 Å². The van der Waals surface area contributed by atoms with Gasteiger partial charge in [-0.05, 0) is 19.2 Å². The van der Waals surface area contributed by atoms with Crippen molar-refractivity contribution in [2.45, 2.75) is 6.23 Å². The molecule has 1 rings (SSSR count). The maximum atomic E-state index is 5.29. The van der Waals surface area contributed by atoms with Crippen molar-refractivity contribution >= 4 is 0 Å². The first-order chi connectivity index (χ1) is 8.21. The SMILES string of the molecule is CNC(OC)c1cc(OC)c(OC)c(OC)c1. The first-order valence-electron chi connectivity index (χ1n) is 5.21. The zero-order valence-electron chi connectivity index (χ0n) is 10.9. The van der Waals surface area contributed by atoms with E-state index in [4.69, 9.17) is 18.9 Å². The van der Waals surface area contributed by atoms with Crippen molar-refractivity contribution in [1.82, 2.24) is 5.32 Å². The molecule has 0 bridgehead atoms. The molecular formula is C12H19NO4. The van der Waals surface area contributed by atoms with Gasteiger partial charge in [0.1, 0.15) is 6.23 Å². The standard InChI is InChI=1S/C12H19NO4/c1-13-12(17-5)8-6-9(14-2)11(16-4)10(7-8)15-3/h6-7,12-13H,1-5H3. The van der Waals surface area contributed by atoms with E-state index in [2.05, 4.69) is 5.32 Å². The molecular weight excluding hydrogens is 222 g/mol. The van der Waals surface area contributed by atoms with Gasteiger partial charge in [-0.3, -0.25) is 5.32 Å². The third-order valence-corrected chi connectivity index (χ3v) is 2.49. The monoisotopic (exact) mass is 241 g/mol. The van der Waals surface area contributed by atoms with E-state index < -0.39 is 0 Å². The summed E-state index contributed by atoms with van der Waals surface area (Å²) in [5, 5.41) is 3.03. The van der Waals surface area contributed by atoms with Gasteiger partial charge in [0.05, 0.1) is 21.3 Å². The average molecular weight is 241 g/mol. The molecule has 1 atom stereocenters. The van der Waals surface area contributed by atoms with Gasteiger partial charge in [0.15, 0.2) is 11.5 Å². The van der Waals surface area contributed by atoms with Crippen LogP contribution in [0.2, 0.25) is 0 Å². The molecule has 0 saturated carbocycles. The summed E-state index contributed by atoms with van der Waals surface area (Å²) in [6.07, 6.45) is -0.219. The van der Waals surface area contributed by atoms with Crippen LogP contribution in [-0.2, 0) is 4.74 Å². The molecule has 0 spiro atoms. The third kappa shape index (κ3) is 2.81. The van der Waals surface area contributed by atoms with Crippen LogP contribution >= 0.6 is 0 Å². The second-order valence-electron chi connectivity index (χ2n) is 3.36. The van der Waals surface area contributed by atoms with Gasteiger partial charge in [-0.2, -0.15) is 0 Å². The number of ether oxygens (including phenoxy) is 4. The molecule has 5 heteroatoms. The van der Waals surface area contributed by atoms with E-state index in [0.29, 0.717) is 17.2 Å². The Hall–Kier alpha value is -1.46. The molecule has 1 N–H and O–H groups in total. The maximum Gasteiger partial charge on any atom is 0.203 e. The van der Waals surface area contributed by atoms with Crippen LogP contribution in [-0.4, -0.2) is 35.5 Å². The fourth-order valence-corrected chi connectivity index (χ4v) is 1.67. The molecule has 0 radical (unpaired) electrons. The Morgan fingerprint density at radius 2 is 1.47 bits per heavy atom. The molecule has 1 aromatic rings. The van der Waals surface area contributed by atoms with Crippen LogP contribution in [0, 0.1) is 0 Å². The summed E-state index contributed by atoms with van der Waals surface area (Å²) < 4.78 is 21.1. The Kier molecular flexibility index (Phi) is 5.06. The van der Waals surface area contributed by atoms with Crippen molar-refractivity contribution in [3.63, 3.8) is 0 Å². The molecule has 0 aliphatic rings. The number of benzene rings is 1. The van der Waals surface area contributed by atoms with E-state index >= 15 is 0 Å². The van der Waals surface area contributed by atoms with Crippen LogP contribution in [0.15, 0.2) is 12.1 Å². The predicted octanol–water partition coefficient (Wildman–Crippen LogP) is 1.58. The largest absolute Gasteiger partial charge is 0.493 e. The zero-order chi connectivity index (χ0) is 12.8. The van der Waals surface area contributed by atoms with Gasteiger partial charge in [-0.15, -0.1) is 0 Å². The summed E-state index contributed by atoms with van der Waals surface area (Å²) in [7, 11) is 8.19. The number of hydrogen-bond donors (Lipinski definition) is 1. The van der Waals surface area contributed by atoms with Gasteiger partial charge in [-0.1, -0.05) is 0 Å². The minimum absolute atomic E-state index is 0.219. The van der Waals surface area contributed by atoms with Crippen molar-refractivity contribution in [2.75, 3.05) is 35.5 Å². The fraction of sp³-hybridized carbons (Fsp3) is 0.500. The van der Waals surface area contributed by atoms with Crippen LogP contribution in [0.25, 0.3) is 0 Å². The van der Waals surface area contributed by atoms with Crippen LogP contribution in [0.1, 0.15) is 11.8 Å². The molecule has 1 unspecified atom stereocenters. The lowest BCUT2D eigenvalue weighted by molar-refractivity contribution is 0.0804. The van der Waals surface area contributed by atoms with Crippen LogP contribution in [0.3, 0.4) is 0 Å². The minimum Gasteiger partial charge on any atom is -0.493 e. The normalized spacial score (nSPS) is 12.1. The second kappa shape index (κ2) is 6.32. The van der Waals surface area contributed by atoms with Crippen molar-refractivity contribution in [1.29, 1.82) is 0 Å². The Morgan fingerprint density at radius 1 is 0.941 bits per heavy atom. The molecule has 0 saturated heterocycles. The Bertz CT molecular complexity index is 339. The van der Waals surface area contributed by atoms with E-state index in [1.54, 1.807) is 28.4 Å². The van der Waals surface area contributed by atoms with E-state index in [9.17, 15) is 0 Å². The van der Waals surface area contributed by atoms with E-state index in [0.717, 1.165) is 5.56 Å². The van der Waals surface area contributed by atoms with E-state index in [1.165, 1.54) is 0 Å². The van der Waals surface area contributed by atoms with Gasteiger partial charge in [-0.25, -0.2) is 0 Å². The predicted molar refractivity (Wildman–Crippen MR) is 64.9 cm³/mol. The summed E-state index contributed by atoms with van der Waals surface area (Å²) in [6, 6.07) is 3.71. The summed E-state index contributed by atoms with van der Waals surface area (Å²) in [4.78, 5) is 0. The highest BCUT2D eigenvalue weighted by atomic mass is 16.5. The number of rotatable bonds is 6. The third-order valence-electron chi connectivity index (χ3n) is 2.49. The van der Waals surface area contributed by atoms with E-state index in [-0.39, 0.29) is 6.23 Å². The molecule has 0 amide bonds. The first kappa shape index (κ1) is 13.6. The maximum absolute atomic E-state index is 5.29. The van der Waals surface area contributed by atoms with Gasteiger partial charge in [0, 0.05) is 12.7 Å². The lowest BCUT2D eigenvalue weighted by Crippen LogP contribution is -2.18. The topological polar surface area (TPSA) is 49.0 Å². The Labute approximate surface area is 102 Å². The smallest absolute Gasteiger partial charge is 0.203 e. The zero-order valence-corrected chi connectivity index (χ0v) is 10.9. The van der Waals surface area contributed by atoms with Crippen molar-refractivity contribution in [2.24, 2.45) is 0 Å². The highest BCUT2D eigenvalue weighted by Crippen LogP contribution is 2.39. The van der Waals surface area contributed by atoms with Gasteiger partial charge < -0.3 is 18.9 Å². The highest BCUT2D eigenvalue weighted by molar-refractivity contribution is 5.54. The summed E-state index contributed by atoms with van der Waals surface area (Å²) in [5.74, 6) is 1.79. The Morgan fingerprint density at radius 3 is 1.76 bits per heavy atom. The lowest BCUT2D eigenvalue weighted by atomic mass is 10.1. The minimum atomic E-state index is -0.219. The average Bonchev–Trinajstić information content (AvgIpc) is 2.38. The summed E-state index contributed by atoms with van der Waals surface area (Å²) in [5.41, 5.74) is 0.907.